The van der Waals surface area contributed by atoms with Gasteiger partial charge in [0, 0.05) is 6.07 Å². The first kappa shape index (κ1) is 15.3. The van der Waals surface area contributed by atoms with Crippen LogP contribution in [0.2, 0.25) is 0 Å². The Morgan fingerprint density at radius 3 is 2.90 bits per heavy atom. The normalized spacial score (nSPS) is 11.0. The maximum Gasteiger partial charge on any atom is 0.125 e. The SMILES string of the molecule is CCCCN(C)Cc1nc2cc(OC)ccc2n1CC#N. The Kier molecular flexibility index (Phi) is 5.18. The van der Waals surface area contributed by atoms with Crippen molar-refractivity contribution in [1.82, 2.24) is 14.5 Å². The van der Waals surface area contributed by atoms with E-state index in [2.05, 4.69) is 29.9 Å². The topological polar surface area (TPSA) is 54.1 Å². The molecule has 0 radical (unpaired) electrons. The number of ether oxygens (including phenoxy) is 1. The number of unbranched alkanes of at least 4 members (excludes halogenated alkanes) is 1. The van der Waals surface area contributed by atoms with Crippen LogP contribution in [0.3, 0.4) is 0 Å². The lowest BCUT2D eigenvalue weighted by molar-refractivity contribution is 0.309. The van der Waals surface area contributed by atoms with Crippen LogP contribution >= 0.6 is 0 Å². The van der Waals surface area contributed by atoms with Gasteiger partial charge in [-0.3, -0.25) is 4.90 Å². The monoisotopic (exact) mass is 286 g/mol. The molecular formula is C16H22N4O. The van der Waals surface area contributed by atoms with Gasteiger partial charge in [-0.15, -0.1) is 0 Å². The third-order valence-electron chi connectivity index (χ3n) is 3.57. The molecule has 5 heteroatoms. The Morgan fingerprint density at radius 1 is 1.43 bits per heavy atom. The number of benzene rings is 1. The van der Waals surface area contributed by atoms with Gasteiger partial charge in [0.15, 0.2) is 0 Å². The van der Waals surface area contributed by atoms with Gasteiger partial charge in [0.25, 0.3) is 0 Å². The molecule has 0 saturated heterocycles. The molecule has 0 amide bonds. The number of nitrogens with zero attached hydrogens (tertiary/aromatic N) is 4. The van der Waals surface area contributed by atoms with E-state index in [9.17, 15) is 0 Å². The molecule has 2 aromatic rings. The van der Waals surface area contributed by atoms with E-state index in [4.69, 9.17) is 10.00 Å². The van der Waals surface area contributed by atoms with Crippen molar-refractivity contribution in [1.29, 1.82) is 5.26 Å². The van der Waals surface area contributed by atoms with E-state index in [0.717, 1.165) is 35.7 Å². The zero-order valence-corrected chi connectivity index (χ0v) is 13.0. The van der Waals surface area contributed by atoms with Crippen molar-refractivity contribution in [2.45, 2.75) is 32.9 Å². The van der Waals surface area contributed by atoms with Gasteiger partial charge >= 0.3 is 0 Å². The molecule has 0 unspecified atom stereocenters. The molecule has 0 N–H and O–H groups in total. The molecule has 1 aromatic carbocycles. The molecule has 0 aliphatic carbocycles. The zero-order valence-electron chi connectivity index (χ0n) is 13.0. The van der Waals surface area contributed by atoms with Crippen LogP contribution in [0.5, 0.6) is 5.75 Å². The predicted molar refractivity (Wildman–Crippen MR) is 83.1 cm³/mol. The molecule has 0 aliphatic rings. The molecule has 0 fully saturated rings. The second-order valence-corrected chi connectivity index (χ2v) is 5.22. The summed E-state index contributed by atoms with van der Waals surface area (Å²) in [5, 5.41) is 9.06. The van der Waals surface area contributed by atoms with E-state index < -0.39 is 0 Å². The first-order valence-electron chi connectivity index (χ1n) is 7.28. The van der Waals surface area contributed by atoms with Crippen LogP contribution in [0.25, 0.3) is 11.0 Å². The minimum atomic E-state index is 0.319. The highest BCUT2D eigenvalue weighted by atomic mass is 16.5. The van der Waals surface area contributed by atoms with E-state index in [1.807, 2.05) is 22.8 Å². The van der Waals surface area contributed by atoms with Gasteiger partial charge in [-0.2, -0.15) is 5.26 Å². The van der Waals surface area contributed by atoms with E-state index in [1.54, 1.807) is 7.11 Å². The standard InChI is InChI=1S/C16H22N4O/c1-4-5-9-19(2)12-16-18-14-11-13(21-3)6-7-15(14)20(16)10-8-17/h6-7,11H,4-5,9-10,12H2,1-3H3. The van der Waals surface area contributed by atoms with Crippen molar-refractivity contribution in [3.8, 4) is 11.8 Å². The van der Waals surface area contributed by atoms with Gasteiger partial charge in [0.05, 0.1) is 30.8 Å². The first-order chi connectivity index (χ1) is 10.2. The fraction of sp³-hybridized carbons (Fsp3) is 0.500. The third kappa shape index (κ3) is 3.53. The predicted octanol–water partition coefficient (Wildman–Crippen LogP) is 2.80. The summed E-state index contributed by atoms with van der Waals surface area (Å²) in [6.45, 7) is 4.29. The number of imidazole rings is 1. The average Bonchev–Trinajstić information content (AvgIpc) is 2.82. The van der Waals surface area contributed by atoms with Crippen LogP contribution in [-0.4, -0.2) is 35.2 Å². The Bertz CT molecular complexity index is 641. The van der Waals surface area contributed by atoms with Crippen LogP contribution in [0.1, 0.15) is 25.6 Å². The lowest BCUT2D eigenvalue weighted by Crippen LogP contribution is -2.21. The maximum absolute atomic E-state index is 9.06. The molecule has 5 nitrogen and oxygen atoms in total. The van der Waals surface area contributed by atoms with Gasteiger partial charge in [0.2, 0.25) is 0 Å². The smallest absolute Gasteiger partial charge is 0.125 e. The molecule has 1 aromatic heterocycles. The van der Waals surface area contributed by atoms with Gasteiger partial charge in [0.1, 0.15) is 18.1 Å². The summed E-state index contributed by atoms with van der Waals surface area (Å²) >= 11 is 0. The van der Waals surface area contributed by atoms with Gasteiger partial charge in [-0.1, -0.05) is 13.3 Å². The second kappa shape index (κ2) is 7.09. The van der Waals surface area contributed by atoms with E-state index in [1.165, 1.54) is 12.8 Å². The first-order valence-corrected chi connectivity index (χ1v) is 7.28. The Hall–Kier alpha value is -2.06. The largest absolute Gasteiger partial charge is 0.497 e. The van der Waals surface area contributed by atoms with Crippen LogP contribution in [0, 0.1) is 11.3 Å². The molecule has 0 saturated carbocycles. The zero-order chi connectivity index (χ0) is 15.2. The highest BCUT2D eigenvalue weighted by molar-refractivity contribution is 5.78. The van der Waals surface area contributed by atoms with Crippen molar-refractivity contribution in [2.75, 3.05) is 20.7 Å². The summed E-state index contributed by atoms with van der Waals surface area (Å²) in [6.07, 6.45) is 2.35. The van der Waals surface area contributed by atoms with Crippen LogP contribution in [0.15, 0.2) is 18.2 Å². The summed E-state index contributed by atoms with van der Waals surface area (Å²) in [5.41, 5.74) is 1.86. The van der Waals surface area contributed by atoms with E-state index >= 15 is 0 Å². The number of hydrogen-bond acceptors (Lipinski definition) is 4. The van der Waals surface area contributed by atoms with Crippen LogP contribution in [-0.2, 0) is 13.1 Å². The minimum absolute atomic E-state index is 0.319. The number of fused-ring (bicyclic) bond motifs is 1. The Labute approximate surface area is 125 Å². The van der Waals surface area contributed by atoms with Crippen molar-refractivity contribution in [2.24, 2.45) is 0 Å². The van der Waals surface area contributed by atoms with E-state index in [0.29, 0.717) is 6.54 Å². The molecule has 0 atom stereocenters. The fourth-order valence-electron chi connectivity index (χ4n) is 2.40. The summed E-state index contributed by atoms with van der Waals surface area (Å²) in [7, 11) is 3.74. The lowest BCUT2D eigenvalue weighted by Gasteiger charge is -2.16. The number of rotatable bonds is 7. The van der Waals surface area contributed by atoms with Gasteiger partial charge in [-0.05, 0) is 32.1 Å². The van der Waals surface area contributed by atoms with Crippen LogP contribution < -0.4 is 4.74 Å². The highest BCUT2D eigenvalue weighted by Gasteiger charge is 2.13. The molecule has 0 bridgehead atoms. The highest BCUT2D eigenvalue weighted by Crippen LogP contribution is 2.22. The number of hydrogen-bond donors (Lipinski definition) is 0. The molecule has 0 aliphatic heterocycles. The van der Waals surface area contributed by atoms with E-state index in [-0.39, 0.29) is 0 Å². The van der Waals surface area contributed by atoms with Gasteiger partial charge in [-0.25, -0.2) is 4.98 Å². The summed E-state index contributed by atoms with van der Waals surface area (Å²) in [4.78, 5) is 6.92. The Morgan fingerprint density at radius 2 is 2.24 bits per heavy atom. The van der Waals surface area contributed by atoms with Crippen molar-refractivity contribution in [3.63, 3.8) is 0 Å². The number of methoxy groups -OCH3 is 1. The molecule has 112 valence electrons. The summed E-state index contributed by atoms with van der Waals surface area (Å²) in [5.74, 6) is 1.72. The van der Waals surface area contributed by atoms with Crippen molar-refractivity contribution in [3.05, 3.63) is 24.0 Å². The quantitative estimate of drug-likeness (QED) is 0.785. The van der Waals surface area contributed by atoms with Crippen molar-refractivity contribution < 1.29 is 4.74 Å². The summed E-state index contributed by atoms with van der Waals surface area (Å²) < 4.78 is 7.22. The van der Waals surface area contributed by atoms with Crippen LogP contribution in [0.4, 0.5) is 0 Å². The number of nitriles is 1. The minimum Gasteiger partial charge on any atom is -0.497 e. The molecular weight excluding hydrogens is 264 g/mol. The Balaban J connectivity index is 2.32. The maximum atomic E-state index is 9.06. The molecule has 21 heavy (non-hydrogen) atoms. The average molecular weight is 286 g/mol. The summed E-state index contributed by atoms with van der Waals surface area (Å²) in [6, 6.07) is 8.01. The molecule has 1 heterocycles. The second-order valence-electron chi connectivity index (χ2n) is 5.22. The van der Waals surface area contributed by atoms with Crippen molar-refractivity contribution >= 4 is 11.0 Å². The van der Waals surface area contributed by atoms with Gasteiger partial charge < -0.3 is 9.30 Å². The lowest BCUT2D eigenvalue weighted by atomic mass is 10.3. The fourth-order valence-corrected chi connectivity index (χ4v) is 2.40. The number of aromatic nitrogens is 2. The molecule has 0 spiro atoms. The third-order valence-corrected chi connectivity index (χ3v) is 3.57. The molecule has 2 rings (SSSR count).